The van der Waals surface area contributed by atoms with E-state index >= 15 is 0 Å². The molecule has 4 nitrogen and oxygen atoms in total. The zero-order chi connectivity index (χ0) is 36.2. The quantitative estimate of drug-likeness (QED) is 0.0460. The normalized spacial score (nSPS) is 12.2. The molecule has 0 aromatic carbocycles. The van der Waals surface area contributed by atoms with Crippen LogP contribution in [0.15, 0.2) is 0 Å². The van der Waals surface area contributed by atoms with Crippen LogP contribution in [0.2, 0.25) is 6.04 Å². The van der Waals surface area contributed by atoms with E-state index in [0.29, 0.717) is 0 Å². The number of rotatable bonds is 41. The molecule has 50 heavy (non-hydrogen) atoms. The van der Waals surface area contributed by atoms with Gasteiger partial charge in [0.25, 0.3) is 0 Å². The van der Waals surface area contributed by atoms with Gasteiger partial charge in [-0.15, -0.1) is 12.4 Å². The van der Waals surface area contributed by atoms with Gasteiger partial charge in [-0.05, 0) is 46.2 Å². The molecule has 0 saturated heterocycles. The number of hydrogen-bond acceptors (Lipinski definition) is 4. The summed E-state index contributed by atoms with van der Waals surface area (Å²) in [5.74, 6) is 0. The number of nitrogens with zero attached hydrogens (tertiary/aromatic N) is 1. The summed E-state index contributed by atoms with van der Waals surface area (Å²) in [4.78, 5) is 2.79. The molecule has 0 aromatic heterocycles. The van der Waals surface area contributed by atoms with Crippen molar-refractivity contribution < 1.29 is 13.3 Å². The van der Waals surface area contributed by atoms with E-state index in [9.17, 15) is 0 Å². The monoisotopic (exact) mass is 748 g/mol. The van der Waals surface area contributed by atoms with Gasteiger partial charge in [-0.1, -0.05) is 206 Å². The van der Waals surface area contributed by atoms with Crippen LogP contribution in [0.5, 0.6) is 0 Å². The van der Waals surface area contributed by atoms with Crippen molar-refractivity contribution in [3.8, 4) is 0 Å². The van der Waals surface area contributed by atoms with E-state index in [2.05, 4.69) is 32.6 Å². The Morgan fingerprint density at radius 1 is 0.380 bits per heavy atom. The fourth-order valence-electron chi connectivity index (χ4n) is 7.70. The Morgan fingerprint density at radius 2 is 0.640 bits per heavy atom. The van der Waals surface area contributed by atoms with Gasteiger partial charge in [-0.2, -0.15) is 0 Å². The summed E-state index contributed by atoms with van der Waals surface area (Å²) < 4.78 is 17.2. The van der Waals surface area contributed by atoms with Crippen molar-refractivity contribution in [3.63, 3.8) is 0 Å². The van der Waals surface area contributed by atoms with Crippen molar-refractivity contribution in [2.45, 2.75) is 251 Å². The van der Waals surface area contributed by atoms with E-state index in [0.717, 1.165) is 19.0 Å². The molecule has 0 spiro atoms. The van der Waals surface area contributed by atoms with Gasteiger partial charge in [0.2, 0.25) is 0 Å². The molecule has 0 N–H and O–H groups in total. The minimum absolute atomic E-state index is 0. The van der Waals surface area contributed by atoms with Crippen LogP contribution in [0.4, 0.5) is 0 Å². The highest BCUT2D eigenvalue weighted by molar-refractivity contribution is 6.60. The maximum Gasteiger partial charge on any atom is 0.500 e. The molecule has 304 valence electrons. The highest BCUT2D eigenvalue weighted by atomic mass is 35.5. The Balaban J connectivity index is 0. The average molecular weight is 749 g/mol. The summed E-state index contributed by atoms with van der Waals surface area (Å²) in [6.07, 6.45) is 46.7. The molecular weight excluding hydrogens is 654 g/mol. The van der Waals surface area contributed by atoms with Crippen LogP contribution in [0.25, 0.3) is 0 Å². The van der Waals surface area contributed by atoms with Crippen molar-refractivity contribution in [1.82, 2.24) is 4.90 Å². The van der Waals surface area contributed by atoms with Gasteiger partial charge in [-0.3, -0.25) is 4.90 Å². The smallest absolute Gasteiger partial charge is 0.377 e. The van der Waals surface area contributed by atoms with Crippen LogP contribution in [0.3, 0.4) is 0 Å². The number of halogens is 1. The van der Waals surface area contributed by atoms with Gasteiger partial charge >= 0.3 is 8.80 Å². The fraction of sp³-hybridized carbons (Fsp3) is 1.00. The second kappa shape index (κ2) is 39.1. The third-order valence-electron chi connectivity index (χ3n) is 11.4. The minimum Gasteiger partial charge on any atom is -0.377 e. The van der Waals surface area contributed by atoms with E-state index in [4.69, 9.17) is 13.3 Å². The van der Waals surface area contributed by atoms with Gasteiger partial charge in [0.05, 0.1) is 0 Å². The maximum absolute atomic E-state index is 5.73. The Labute approximate surface area is 323 Å². The van der Waals surface area contributed by atoms with E-state index in [-0.39, 0.29) is 17.9 Å². The first-order valence-corrected chi connectivity index (χ1v) is 24.2. The molecule has 0 bridgehead atoms. The first-order valence-electron chi connectivity index (χ1n) is 22.3. The Morgan fingerprint density at radius 3 is 0.940 bits per heavy atom. The van der Waals surface area contributed by atoms with Crippen molar-refractivity contribution in [3.05, 3.63) is 0 Å². The molecule has 0 aliphatic heterocycles. The average Bonchev–Trinajstić information content (AvgIpc) is 3.10. The SMILES string of the molecule is CCCCCCCCCCCCCCCCCCN(CCC[Si](OC)(OC)OC)C(C)(C)CCCCCCCCCCCCCCCCC.Cl. The zero-order valence-electron chi connectivity index (χ0n) is 35.5. The second-order valence-electron chi connectivity index (χ2n) is 16.2. The standard InChI is InChI=1S/C44H93NO3Si.ClH/c1-8-10-12-14-16-18-20-22-24-26-28-30-32-34-36-38-41-45(42-39-43-49(46-5,47-6)48-7)44(3,4)40-37-35-33-31-29-27-25-23-21-19-17-15-13-11-9-2;/h8-43H2,1-7H3;1H. The predicted molar refractivity (Wildman–Crippen MR) is 228 cm³/mol. The highest BCUT2D eigenvalue weighted by Gasteiger charge is 2.37. The predicted octanol–water partition coefficient (Wildman–Crippen LogP) is 15.3. The van der Waals surface area contributed by atoms with E-state index in [1.165, 1.54) is 212 Å². The first-order chi connectivity index (χ1) is 23.9. The van der Waals surface area contributed by atoms with Crippen LogP contribution in [-0.4, -0.2) is 53.7 Å². The van der Waals surface area contributed by atoms with Crippen LogP contribution >= 0.6 is 12.4 Å². The number of hydrogen-bond donors (Lipinski definition) is 0. The molecule has 0 radical (unpaired) electrons. The van der Waals surface area contributed by atoms with Crippen LogP contribution < -0.4 is 0 Å². The molecule has 6 heteroatoms. The molecule has 0 aliphatic carbocycles. The van der Waals surface area contributed by atoms with Gasteiger partial charge in [0.1, 0.15) is 0 Å². The highest BCUT2D eigenvalue weighted by Crippen LogP contribution is 2.26. The summed E-state index contributed by atoms with van der Waals surface area (Å²) in [5, 5.41) is 0. The third kappa shape index (κ3) is 31.8. The van der Waals surface area contributed by atoms with Gasteiger partial charge < -0.3 is 13.3 Å². The Bertz CT molecular complexity index is 640. The molecule has 0 atom stereocenters. The lowest BCUT2D eigenvalue weighted by atomic mass is 9.93. The van der Waals surface area contributed by atoms with Gasteiger partial charge in [-0.25, -0.2) is 0 Å². The van der Waals surface area contributed by atoms with Crippen LogP contribution in [-0.2, 0) is 13.3 Å². The zero-order valence-corrected chi connectivity index (χ0v) is 37.4. The van der Waals surface area contributed by atoms with E-state index in [1.54, 1.807) is 21.3 Å². The minimum atomic E-state index is -2.51. The fourth-order valence-corrected chi connectivity index (χ4v) is 9.40. The largest absolute Gasteiger partial charge is 0.500 e. The summed E-state index contributed by atoms with van der Waals surface area (Å²) in [5.41, 5.74) is 0.240. The van der Waals surface area contributed by atoms with Crippen molar-refractivity contribution in [2.24, 2.45) is 0 Å². The van der Waals surface area contributed by atoms with Crippen LogP contribution in [0, 0.1) is 0 Å². The van der Waals surface area contributed by atoms with Gasteiger partial charge in [0.15, 0.2) is 0 Å². The van der Waals surface area contributed by atoms with Crippen LogP contribution in [0.1, 0.15) is 240 Å². The lowest BCUT2D eigenvalue weighted by Gasteiger charge is -2.39. The Hall–Kier alpha value is 0.347. The molecule has 0 saturated carbocycles. The molecule has 0 amide bonds. The third-order valence-corrected chi connectivity index (χ3v) is 14.2. The van der Waals surface area contributed by atoms with Crippen molar-refractivity contribution in [2.75, 3.05) is 34.4 Å². The molecule has 0 aromatic rings. The summed E-state index contributed by atoms with van der Waals surface area (Å²) >= 11 is 0. The van der Waals surface area contributed by atoms with Crippen molar-refractivity contribution in [1.29, 1.82) is 0 Å². The van der Waals surface area contributed by atoms with E-state index in [1.807, 2.05) is 0 Å². The molecule has 0 heterocycles. The van der Waals surface area contributed by atoms with Crippen molar-refractivity contribution >= 4 is 21.2 Å². The molecule has 0 fully saturated rings. The second-order valence-corrected chi connectivity index (χ2v) is 19.3. The van der Waals surface area contributed by atoms with Gasteiger partial charge in [0, 0.05) is 32.9 Å². The molecule has 0 unspecified atom stereocenters. The summed E-state index contributed by atoms with van der Waals surface area (Å²) in [6.45, 7) is 11.9. The topological polar surface area (TPSA) is 30.9 Å². The summed E-state index contributed by atoms with van der Waals surface area (Å²) in [6, 6.07) is 0.890. The maximum atomic E-state index is 5.73. The Kier molecular flexibility index (Phi) is 41.0. The lowest BCUT2D eigenvalue weighted by Crippen LogP contribution is -2.47. The first kappa shape index (κ1) is 52.5. The molecular formula is C44H94ClNO3Si. The van der Waals surface area contributed by atoms with E-state index < -0.39 is 8.80 Å². The summed E-state index contributed by atoms with van der Waals surface area (Å²) in [7, 11) is 2.72. The molecule has 0 aliphatic rings. The lowest BCUT2D eigenvalue weighted by molar-refractivity contribution is 0.0958. The molecule has 0 rings (SSSR count). The number of unbranched alkanes of at least 4 members (excludes halogenated alkanes) is 29.